The molecular weight excluding hydrogens is 244 g/mol. The first-order valence-electron chi connectivity index (χ1n) is 7.08. The number of hydrogen-bond acceptors (Lipinski definition) is 3. The molecule has 1 fully saturated rings. The third kappa shape index (κ3) is 2.59. The number of nitrogens with zero attached hydrogens (tertiary/aromatic N) is 2. The largest absolute Gasteiger partial charge is 0.396 e. The molecule has 0 radical (unpaired) electrons. The van der Waals surface area contributed by atoms with Gasteiger partial charge in [-0.3, -0.25) is 0 Å². The number of imidazole rings is 1. The summed E-state index contributed by atoms with van der Waals surface area (Å²) >= 11 is 2.10. The highest BCUT2D eigenvalue weighted by Crippen LogP contribution is 2.27. The highest BCUT2D eigenvalue weighted by Gasteiger charge is 2.23. The van der Waals surface area contributed by atoms with Gasteiger partial charge in [-0.2, -0.15) is 11.8 Å². The highest BCUT2D eigenvalue weighted by atomic mass is 32.2. The van der Waals surface area contributed by atoms with Crippen molar-refractivity contribution >= 4 is 11.8 Å². The van der Waals surface area contributed by atoms with Crippen molar-refractivity contribution in [1.82, 2.24) is 9.55 Å². The Labute approximate surface area is 113 Å². The normalized spacial score (nSPS) is 28.1. The lowest BCUT2D eigenvalue weighted by Gasteiger charge is -2.25. The molecule has 1 N–H and O–H groups in total. The lowest BCUT2D eigenvalue weighted by molar-refractivity contribution is 0.200. The Morgan fingerprint density at radius 1 is 1.39 bits per heavy atom. The highest BCUT2D eigenvalue weighted by molar-refractivity contribution is 7.99. The van der Waals surface area contributed by atoms with Crippen LogP contribution in [0.4, 0.5) is 0 Å². The summed E-state index contributed by atoms with van der Waals surface area (Å²) in [6.07, 6.45) is 8.03. The van der Waals surface area contributed by atoms with Crippen molar-refractivity contribution < 1.29 is 5.11 Å². The first-order chi connectivity index (χ1) is 8.86. The number of aliphatic hydroxyl groups excluding tert-OH is 1. The van der Waals surface area contributed by atoms with Crippen molar-refractivity contribution in [3.63, 3.8) is 0 Å². The summed E-state index contributed by atoms with van der Waals surface area (Å²) < 4.78 is 2.41. The maximum atomic E-state index is 9.25. The summed E-state index contributed by atoms with van der Waals surface area (Å²) in [6.45, 7) is 1.37. The summed E-state index contributed by atoms with van der Waals surface area (Å²) in [6, 6.07) is 0. The van der Waals surface area contributed by atoms with Gasteiger partial charge >= 0.3 is 0 Å². The fraction of sp³-hybridized carbons (Fsp3) is 0.786. The molecule has 0 saturated carbocycles. The molecule has 1 saturated heterocycles. The van der Waals surface area contributed by atoms with Crippen LogP contribution in [0.1, 0.15) is 30.8 Å². The molecule has 0 aliphatic carbocycles. The van der Waals surface area contributed by atoms with Crippen LogP contribution in [0.15, 0.2) is 6.20 Å². The summed E-state index contributed by atoms with van der Waals surface area (Å²) in [5.74, 6) is 5.21. The molecule has 4 heteroatoms. The maximum absolute atomic E-state index is 9.25. The van der Waals surface area contributed by atoms with E-state index in [9.17, 15) is 5.11 Å². The first-order valence-corrected chi connectivity index (χ1v) is 8.24. The second kappa shape index (κ2) is 5.66. The fourth-order valence-corrected chi connectivity index (χ4v) is 4.30. The predicted octanol–water partition coefficient (Wildman–Crippen LogP) is 2.12. The van der Waals surface area contributed by atoms with E-state index in [1.54, 1.807) is 0 Å². The minimum absolute atomic E-state index is 0.319. The fourth-order valence-electron chi connectivity index (χ4n) is 3.14. The van der Waals surface area contributed by atoms with Gasteiger partial charge in [0.15, 0.2) is 0 Å². The third-order valence-corrected chi connectivity index (χ3v) is 5.55. The van der Waals surface area contributed by atoms with E-state index in [0.29, 0.717) is 12.5 Å². The zero-order chi connectivity index (χ0) is 12.4. The number of aliphatic hydroxyl groups is 1. The molecule has 2 unspecified atom stereocenters. The Hall–Kier alpha value is -0.480. The van der Waals surface area contributed by atoms with Crippen LogP contribution in [0.3, 0.4) is 0 Å². The molecule has 0 aromatic carbocycles. The van der Waals surface area contributed by atoms with Gasteiger partial charge in [-0.05, 0) is 49.0 Å². The lowest BCUT2D eigenvalue weighted by atomic mass is 9.96. The molecule has 0 spiro atoms. The average Bonchev–Trinajstić information content (AvgIpc) is 2.82. The zero-order valence-corrected chi connectivity index (χ0v) is 11.7. The second-order valence-corrected chi connectivity index (χ2v) is 6.80. The van der Waals surface area contributed by atoms with Crippen molar-refractivity contribution in [3.8, 4) is 0 Å². The predicted molar refractivity (Wildman–Crippen MR) is 74.9 cm³/mol. The molecule has 2 aliphatic heterocycles. The Morgan fingerprint density at radius 2 is 2.33 bits per heavy atom. The molecule has 18 heavy (non-hydrogen) atoms. The quantitative estimate of drug-likeness (QED) is 0.910. The topological polar surface area (TPSA) is 38.0 Å². The number of rotatable bonds is 3. The molecule has 3 rings (SSSR count). The first kappa shape index (κ1) is 12.5. The van der Waals surface area contributed by atoms with Crippen molar-refractivity contribution in [2.45, 2.75) is 38.6 Å². The van der Waals surface area contributed by atoms with Gasteiger partial charge in [0, 0.05) is 31.5 Å². The molecule has 2 atom stereocenters. The minimum atomic E-state index is 0.319. The van der Waals surface area contributed by atoms with E-state index in [0.717, 1.165) is 31.7 Å². The van der Waals surface area contributed by atoms with E-state index >= 15 is 0 Å². The van der Waals surface area contributed by atoms with Gasteiger partial charge in [0.2, 0.25) is 0 Å². The number of fused-ring (bicyclic) bond motifs is 1. The average molecular weight is 266 g/mol. The van der Waals surface area contributed by atoms with E-state index in [-0.39, 0.29) is 0 Å². The summed E-state index contributed by atoms with van der Waals surface area (Å²) in [5.41, 5.74) is 1.33. The van der Waals surface area contributed by atoms with Gasteiger partial charge in [-0.15, -0.1) is 0 Å². The van der Waals surface area contributed by atoms with Crippen molar-refractivity contribution in [2.24, 2.45) is 11.8 Å². The number of thioether (sulfide) groups is 1. The standard InChI is InChI=1S/C14H22N2OS/c17-9-11-3-4-16-13(6-11)8-15-14(16)7-12-2-1-5-18-10-12/h8,11-12,17H,1-7,9-10H2. The third-order valence-electron chi connectivity index (χ3n) is 4.26. The van der Waals surface area contributed by atoms with E-state index in [2.05, 4.69) is 21.3 Å². The van der Waals surface area contributed by atoms with Gasteiger partial charge in [-0.1, -0.05) is 0 Å². The van der Waals surface area contributed by atoms with Gasteiger partial charge in [0.25, 0.3) is 0 Å². The van der Waals surface area contributed by atoms with Crippen LogP contribution < -0.4 is 0 Å². The van der Waals surface area contributed by atoms with Crippen LogP contribution in [0.25, 0.3) is 0 Å². The van der Waals surface area contributed by atoms with Crippen LogP contribution >= 0.6 is 11.8 Å². The lowest BCUT2D eigenvalue weighted by Crippen LogP contribution is -2.24. The molecule has 3 heterocycles. The minimum Gasteiger partial charge on any atom is -0.396 e. The van der Waals surface area contributed by atoms with Gasteiger partial charge in [0.1, 0.15) is 5.82 Å². The number of hydrogen-bond donors (Lipinski definition) is 1. The van der Waals surface area contributed by atoms with Crippen molar-refractivity contribution in [2.75, 3.05) is 18.1 Å². The van der Waals surface area contributed by atoms with Gasteiger partial charge in [0.05, 0.1) is 0 Å². The Balaban J connectivity index is 1.68. The van der Waals surface area contributed by atoms with Crippen LogP contribution in [0.2, 0.25) is 0 Å². The summed E-state index contributed by atoms with van der Waals surface area (Å²) in [7, 11) is 0. The Morgan fingerprint density at radius 3 is 3.11 bits per heavy atom. The van der Waals surface area contributed by atoms with E-state index in [4.69, 9.17) is 0 Å². The van der Waals surface area contributed by atoms with Gasteiger partial charge < -0.3 is 9.67 Å². The molecule has 2 aliphatic rings. The Kier molecular flexibility index (Phi) is 3.94. The van der Waals surface area contributed by atoms with Crippen molar-refractivity contribution in [1.29, 1.82) is 0 Å². The van der Waals surface area contributed by atoms with E-state index in [1.807, 2.05) is 6.20 Å². The molecule has 0 bridgehead atoms. The molecule has 100 valence electrons. The Bertz CT molecular complexity index is 398. The maximum Gasteiger partial charge on any atom is 0.109 e. The van der Waals surface area contributed by atoms with Crippen LogP contribution in [0, 0.1) is 11.8 Å². The van der Waals surface area contributed by atoms with Crippen LogP contribution in [0.5, 0.6) is 0 Å². The second-order valence-electron chi connectivity index (χ2n) is 5.65. The smallest absolute Gasteiger partial charge is 0.109 e. The zero-order valence-electron chi connectivity index (χ0n) is 10.8. The number of aromatic nitrogens is 2. The van der Waals surface area contributed by atoms with Crippen LogP contribution in [-0.2, 0) is 19.4 Å². The molecule has 1 aromatic heterocycles. The monoisotopic (exact) mass is 266 g/mol. The van der Waals surface area contributed by atoms with Gasteiger partial charge in [-0.25, -0.2) is 4.98 Å². The van der Waals surface area contributed by atoms with Crippen molar-refractivity contribution in [3.05, 3.63) is 17.7 Å². The molecule has 1 aromatic rings. The molecular formula is C14H22N2OS. The summed E-state index contributed by atoms with van der Waals surface area (Å²) in [5, 5.41) is 9.25. The van der Waals surface area contributed by atoms with Crippen LogP contribution in [-0.4, -0.2) is 32.8 Å². The molecule has 0 amide bonds. The van der Waals surface area contributed by atoms with E-state index in [1.165, 1.54) is 35.9 Å². The van der Waals surface area contributed by atoms with E-state index < -0.39 is 0 Å². The summed E-state index contributed by atoms with van der Waals surface area (Å²) in [4.78, 5) is 4.63. The molecule has 3 nitrogen and oxygen atoms in total. The SMILES string of the molecule is OCC1CCn2c(cnc2CC2CCCSC2)C1.